The summed E-state index contributed by atoms with van der Waals surface area (Å²) in [6.07, 6.45) is -3.18. The number of aromatic amines is 1. The summed E-state index contributed by atoms with van der Waals surface area (Å²) < 4.78 is 38.3. The molecule has 0 atom stereocenters. The molecule has 0 spiro atoms. The lowest BCUT2D eigenvalue weighted by Gasteiger charge is -2.24. The highest BCUT2D eigenvalue weighted by molar-refractivity contribution is 5.96. The van der Waals surface area contributed by atoms with Gasteiger partial charge in [-0.25, -0.2) is 4.79 Å². The third-order valence-corrected chi connectivity index (χ3v) is 4.40. The summed E-state index contributed by atoms with van der Waals surface area (Å²) in [5, 5.41) is 12.4. The fraction of sp³-hybridized carbons (Fsp3) is 0.250. The number of carboxylic acid groups (broad SMARTS) is 1. The van der Waals surface area contributed by atoms with Crippen LogP contribution in [0.25, 0.3) is 22.0 Å². The van der Waals surface area contributed by atoms with E-state index in [0.717, 1.165) is 34.2 Å². The molecule has 1 amide bonds. The SMILES string of the molecule is CC(C)(Cc1c[nH]c2c(-c3ccc(C(F)(F)F)cc3)cccc12)NC(=O)O. The van der Waals surface area contributed by atoms with Crippen LogP contribution in [-0.2, 0) is 12.6 Å². The predicted molar refractivity (Wildman–Crippen MR) is 97.7 cm³/mol. The van der Waals surface area contributed by atoms with Gasteiger partial charge in [-0.2, -0.15) is 13.2 Å². The van der Waals surface area contributed by atoms with E-state index in [9.17, 15) is 18.0 Å². The van der Waals surface area contributed by atoms with Crippen LogP contribution in [0.3, 0.4) is 0 Å². The van der Waals surface area contributed by atoms with E-state index >= 15 is 0 Å². The molecule has 0 fully saturated rings. The Bertz CT molecular complexity index is 973. The molecule has 27 heavy (non-hydrogen) atoms. The first kappa shape index (κ1) is 18.8. The number of fused-ring (bicyclic) bond motifs is 1. The molecule has 142 valence electrons. The van der Waals surface area contributed by atoms with Crippen molar-refractivity contribution in [3.63, 3.8) is 0 Å². The van der Waals surface area contributed by atoms with Gasteiger partial charge in [0.2, 0.25) is 0 Å². The Labute approximate surface area is 154 Å². The summed E-state index contributed by atoms with van der Waals surface area (Å²) in [6.45, 7) is 3.58. The fourth-order valence-corrected chi connectivity index (χ4v) is 3.25. The van der Waals surface area contributed by atoms with Crippen LogP contribution in [0.2, 0.25) is 0 Å². The molecule has 3 N–H and O–H groups in total. The van der Waals surface area contributed by atoms with Crippen LogP contribution >= 0.6 is 0 Å². The van der Waals surface area contributed by atoms with Gasteiger partial charge in [0.15, 0.2) is 0 Å². The molecule has 0 aliphatic heterocycles. The van der Waals surface area contributed by atoms with E-state index in [4.69, 9.17) is 5.11 Å². The van der Waals surface area contributed by atoms with E-state index in [1.54, 1.807) is 13.8 Å². The third kappa shape index (κ3) is 4.07. The molecule has 1 aromatic heterocycles. The lowest BCUT2D eigenvalue weighted by Crippen LogP contribution is -2.44. The summed E-state index contributed by atoms with van der Waals surface area (Å²) in [4.78, 5) is 14.1. The molecular weight excluding hydrogens is 357 g/mol. The first-order chi connectivity index (χ1) is 12.6. The zero-order valence-electron chi connectivity index (χ0n) is 14.8. The van der Waals surface area contributed by atoms with Crippen molar-refractivity contribution < 1.29 is 23.1 Å². The minimum absolute atomic E-state index is 0.468. The number of aromatic nitrogens is 1. The first-order valence-corrected chi connectivity index (χ1v) is 8.34. The van der Waals surface area contributed by atoms with Gasteiger partial charge in [-0.15, -0.1) is 0 Å². The number of alkyl halides is 3. The van der Waals surface area contributed by atoms with E-state index in [0.29, 0.717) is 12.0 Å². The van der Waals surface area contributed by atoms with Crippen molar-refractivity contribution in [1.82, 2.24) is 10.3 Å². The Morgan fingerprint density at radius 2 is 1.78 bits per heavy atom. The van der Waals surface area contributed by atoms with Crippen LogP contribution in [0.5, 0.6) is 0 Å². The maximum Gasteiger partial charge on any atom is 0.416 e. The minimum atomic E-state index is -4.37. The number of hydrogen-bond acceptors (Lipinski definition) is 1. The van der Waals surface area contributed by atoms with Gasteiger partial charge in [-0.05, 0) is 43.5 Å². The quantitative estimate of drug-likeness (QED) is 0.567. The van der Waals surface area contributed by atoms with Crippen molar-refractivity contribution in [2.24, 2.45) is 0 Å². The van der Waals surface area contributed by atoms with Gasteiger partial charge < -0.3 is 15.4 Å². The van der Waals surface area contributed by atoms with Crippen LogP contribution in [0, 0.1) is 0 Å². The highest BCUT2D eigenvalue weighted by Gasteiger charge is 2.30. The highest BCUT2D eigenvalue weighted by Crippen LogP contribution is 2.34. The van der Waals surface area contributed by atoms with Gasteiger partial charge in [-0.3, -0.25) is 0 Å². The van der Waals surface area contributed by atoms with Crippen LogP contribution in [-0.4, -0.2) is 21.7 Å². The molecule has 0 aliphatic rings. The number of halogens is 3. The van der Waals surface area contributed by atoms with Gasteiger partial charge in [0.1, 0.15) is 0 Å². The predicted octanol–water partition coefficient (Wildman–Crippen LogP) is 5.44. The molecular formula is C20H19F3N2O2. The second kappa shape index (κ2) is 6.64. The van der Waals surface area contributed by atoms with Crippen LogP contribution in [0.1, 0.15) is 25.0 Å². The molecule has 0 bridgehead atoms. The maximum absolute atomic E-state index is 12.8. The highest BCUT2D eigenvalue weighted by atomic mass is 19.4. The fourth-order valence-electron chi connectivity index (χ4n) is 3.25. The summed E-state index contributed by atoms with van der Waals surface area (Å²) >= 11 is 0. The van der Waals surface area contributed by atoms with Crippen LogP contribution < -0.4 is 5.32 Å². The van der Waals surface area contributed by atoms with E-state index in [2.05, 4.69) is 10.3 Å². The number of carbonyl (C=O) groups is 1. The van der Waals surface area contributed by atoms with Gasteiger partial charge in [0.25, 0.3) is 0 Å². The van der Waals surface area contributed by atoms with Crippen molar-refractivity contribution in [2.45, 2.75) is 32.0 Å². The number of nitrogens with one attached hydrogen (secondary N) is 2. The van der Waals surface area contributed by atoms with Gasteiger partial charge >= 0.3 is 12.3 Å². The van der Waals surface area contributed by atoms with E-state index in [1.165, 1.54) is 12.1 Å². The summed E-state index contributed by atoms with van der Waals surface area (Å²) in [5.41, 5.74) is 1.84. The van der Waals surface area contributed by atoms with E-state index in [-0.39, 0.29) is 0 Å². The molecule has 0 saturated heterocycles. The number of amides is 1. The molecule has 3 rings (SSSR count). The van der Waals surface area contributed by atoms with Crippen LogP contribution in [0.4, 0.5) is 18.0 Å². The molecule has 0 aliphatic carbocycles. The second-order valence-corrected chi connectivity index (χ2v) is 7.11. The number of H-pyrrole nitrogens is 1. The molecule has 4 nitrogen and oxygen atoms in total. The first-order valence-electron chi connectivity index (χ1n) is 8.34. The Morgan fingerprint density at radius 3 is 2.37 bits per heavy atom. The van der Waals surface area contributed by atoms with Gasteiger partial charge in [-0.1, -0.05) is 30.3 Å². The monoisotopic (exact) mass is 376 g/mol. The average molecular weight is 376 g/mol. The topological polar surface area (TPSA) is 65.1 Å². The average Bonchev–Trinajstić information content (AvgIpc) is 2.95. The maximum atomic E-state index is 12.8. The Balaban J connectivity index is 1.97. The molecule has 7 heteroatoms. The third-order valence-electron chi connectivity index (χ3n) is 4.40. The molecule has 1 heterocycles. The lowest BCUT2D eigenvalue weighted by molar-refractivity contribution is -0.137. The number of benzene rings is 2. The van der Waals surface area contributed by atoms with Crippen LogP contribution in [0.15, 0.2) is 48.7 Å². The van der Waals surface area contributed by atoms with E-state index < -0.39 is 23.4 Å². The van der Waals surface area contributed by atoms with Gasteiger partial charge in [0.05, 0.1) is 11.1 Å². The zero-order chi connectivity index (χ0) is 19.8. The van der Waals surface area contributed by atoms with Gasteiger partial charge in [0, 0.05) is 22.7 Å². The lowest BCUT2D eigenvalue weighted by atomic mass is 9.93. The summed E-state index contributed by atoms with van der Waals surface area (Å²) in [6, 6.07) is 10.6. The molecule has 2 aromatic carbocycles. The molecule has 0 saturated carbocycles. The largest absolute Gasteiger partial charge is 0.465 e. The van der Waals surface area contributed by atoms with Crippen molar-refractivity contribution in [3.8, 4) is 11.1 Å². The van der Waals surface area contributed by atoms with E-state index in [1.807, 2.05) is 24.4 Å². The molecule has 0 unspecified atom stereocenters. The Hall–Kier alpha value is -2.96. The molecule has 0 radical (unpaired) electrons. The number of rotatable bonds is 4. The minimum Gasteiger partial charge on any atom is -0.465 e. The van der Waals surface area contributed by atoms with Crippen molar-refractivity contribution in [1.29, 1.82) is 0 Å². The van der Waals surface area contributed by atoms with Crippen molar-refractivity contribution >= 4 is 17.0 Å². The summed E-state index contributed by atoms with van der Waals surface area (Å²) in [5.74, 6) is 0. The standard InChI is InChI=1S/C20H19F3N2O2/c1-19(2,25-18(26)27)10-13-11-24-17-15(4-3-5-16(13)17)12-6-8-14(9-7-12)20(21,22)23/h3-9,11,24-25H,10H2,1-2H3,(H,26,27). The second-order valence-electron chi connectivity index (χ2n) is 7.11. The normalized spacial score (nSPS) is 12.3. The Morgan fingerprint density at radius 1 is 1.11 bits per heavy atom. The number of hydrogen-bond donors (Lipinski definition) is 3. The van der Waals surface area contributed by atoms with Crippen molar-refractivity contribution in [3.05, 3.63) is 59.8 Å². The number of para-hydroxylation sites is 1. The molecule has 3 aromatic rings. The van der Waals surface area contributed by atoms with Crippen molar-refractivity contribution in [2.75, 3.05) is 0 Å². The smallest absolute Gasteiger partial charge is 0.416 e. The summed E-state index contributed by atoms with van der Waals surface area (Å²) in [7, 11) is 0. The zero-order valence-corrected chi connectivity index (χ0v) is 14.8. The Kier molecular flexibility index (Phi) is 4.63.